The molecular formula is C7H7F3N4O. The molecule has 15 heavy (non-hydrogen) atoms. The average Bonchev–Trinajstić information content (AvgIpc) is 2.18. The SMILES string of the molecule is Nc1cnc(C(=O)NC(F)C(F)F)cn1. The predicted octanol–water partition coefficient (Wildman–Crippen LogP) is 0.349. The van der Waals surface area contributed by atoms with E-state index in [0.717, 1.165) is 12.4 Å². The van der Waals surface area contributed by atoms with E-state index in [1.165, 1.54) is 5.32 Å². The molecule has 0 spiro atoms. The fourth-order valence-corrected chi connectivity index (χ4v) is 0.717. The number of carbonyl (C=O) groups is 1. The van der Waals surface area contributed by atoms with Gasteiger partial charge in [0.15, 0.2) is 0 Å². The van der Waals surface area contributed by atoms with Gasteiger partial charge in [-0.1, -0.05) is 0 Å². The molecule has 1 atom stereocenters. The quantitative estimate of drug-likeness (QED) is 0.720. The Bertz CT molecular complexity index is 343. The average molecular weight is 220 g/mol. The number of nitrogens with zero attached hydrogens (tertiary/aromatic N) is 2. The molecule has 0 aliphatic heterocycles. The largest absolute Gasteiger partial charge is 0.382 e. The fraction of sp³-hybridized carbons (Fsp3) is 0.286. The van der Waals surface area contributed by atoms with E-state index in [4.69, 9.17) is 5.73 Å². The summed E-state index contributed by atoms with van der Waals surface area (Å²) in [5.74, 6) is -1.01. The second-order valence-electron chi connectivity index (χ2n) is 2.54. The molecule has 1 aromatic rings. The number of aromatic nitrogens is 2. The number of halogens is 3. The molecule has 1 unspecified atom stereocenters. The molecule has 3 N–H and O–H groups in total. The van der Waals surface area contributed by atoms with Crippen LogP contribution >= 0.6 is 0 Å². The van der Waals surface area contributed by atoms with Crippen LogP contribution in [-0.4, -0.2) is 28.6 Å². The van der Waals surface area contributed by atoms with Crippen molar-refractivity contribution < 1.29 is 18.0 Å². The van der Waals surface area contributed by atoms with Gasteiger partial charge < -0.3 is 11.1 Å². The Hall–Kier alpha value is -1.86. The molecule has 1 heterocycles. The van der Waals surface area contributed by atoms with Crippen molar-refractivity contribution in [2.24, 2.45) is 0 Å². The van der Waals surface area contributed by atoms with E-state index in [1.807, 2.05) is 0 Å². The van der Waals surface area contributed by atoms with Crippen LogP contribution in [0, 0.1) is 0 Å². The highest BCUT2D eigenvalue weighted by atomic mass is 19.3. The second kappa shape index (κ2) is 4.58. The highest BCUT2D eigenvalue weighted by Gasteiger charge is 2.22. The number of carbonyl (C=O) groups excluding carboxylic acids is 1. The van der Waals surface area contributed by atoms with Crippen LogP contribution in [-0.2, 0) is 0 Å². The summed E-state index contributed by atoms with van der Waals surface area (Å²) in [6.45, 7) is 0. The summed E-state index contributed by atoms with van der Waals surface area (Å²) in [5, 5.41) is 1.42. The lowest BCUT2D eigenvalue weighted by Crippen LogP contribution is -2.36. The van der Waals surface area contributed by atoms with Crippen molar-refractivity contribution in [1.82, 2.24) is 15.3 Å². The van der Waals surface area contributed by atoms with Gasteiger partial charge in [0, 0.05) is 0 Å². The normalized spacial score (nSPS) is 12.5. The molecule has 0 saturated heterocycles. The molecule has 5 nitrogen and oxygen atoms in total. The third-order valence-electron chi connectivity index (χ3n) is 1.39. The molecule has 0 aliphatic rings. The van der Waals surface area contributed by atoms with E-state index >= 15 is 0 Å². The molecule has 82 valence electrons. The second-order valence-corrected chi connectivity index (χ2v) is 2.54. The molecule has 0 saturated carbocycles. The predicted molar refractivity (Wildman–Crippen MR) is 44.8 cm³/mol. The summed E-state index contributed by atoms with van der Waals surface area (Å²) in [6, 6.07) is 0. The number of anilines is 1. The van der Waals surface area contributed by atoms with E-state index in [1.54, 1.807) is 0 Å². The molecule has 1 aromatic heterocycles. The van der Waals surface area contributed by atoms with Crippen LogP contribution in [0.4, 0.5) is 19.0 Å². The lowest BCUT2D eigenvalue weighted by Gasteiger charge is -2.08. The summed E-state index contributed by atoms with van der Waals surface area (Å²) in [7, 11) is 0. The van der Waals surface area contributed by atoms with E-state index in [2.05, 4.69) is 9.97 Å². The number of hydrogen-bond donors (Lipinski definition) is 2. The van der Waals surface area contributed by atoms with Crippen LogP contribution in [0.1, 0.15) is 10.5 Å². The minimum Gasteiger partial charge on any atom is -0.382 e. The number of nitrogens with two attached hydrogens (primary N) is 1. The van der Waals surface area contributed by atoms with Crippen LogP contribution < -0.4 is 11.1 Å². The number of nitrogens with one attached hydrogen (secondary N) is 1. The summed E-state index contributed by atoms with van der Waals surface area (Å²) in [5.41, 5.74) is 4.89. The zero-order valence-corrected chi connectivity index (χ0v) is 7.32. The Morgan fingerprint density at radius 3 is 2.47 bits per heavy atom. The Labute approximate surface area is 82.5 Å². The van der Waals surface area contributed by atoms with E-state index in [9.17, 15) is 18.0 Å². The van der Waals surface area contributed by atoms with E-state index < -0.39 is 18.6 Å². The van der Waals surface area contributed by atoms with Gasteiger partial charge in [-0.3, -0.25) is 4.79 Å². The first kappa shape index (κ1) is 11.2. The van der Waals surface area contributed by atoms with Gasteiger partial charge in [-0.2, -0.15) is 0 Å². The summed E-state index contributed by atoms with van der Waals surface area (Å²) in [6.07, 6.45) is -3.99. The van der Waals surface area contributed by atoms with Crippen LogP contribution in [0.15, 0.2) is 12.4 Å². The van der Waals surface area contributed by atoms with Gasteiger partial charge in [-0.05, 0) is 0 Å². The van der Waals surface area contributed by atoms with Crippen molar-refractivity contribution in [2.45, 2.75) is 12.7 Å². The van der Waals surface area contributed by atoms with Crippen LogP contribution in [0.2, 0.25) is 0 Å². The molecule has 1 rings (SSSR count). The third-order valence-corrected chi connectivity index (χ3v) is 1.39. The summed E-state index contributed by atoms with van der Waals surface area (Å²) in [4.78, 5) is 18.0. The summed E-state index contributed by atoms with van der Waals surface area (Å²) >= 11 is 0. The molecule has 8 heteroatoms. The molecule has 0 aliphatic carbocycles. The lowest BCUT2D eigenvalue weighted by atomic mass is 10.4. The molecule has 1 amide bonds. The maximum atomic E-state index is 12.4. The first-order valence-electron chi connectivity index (χ1n) is 3.81. The summed E-state index contributed by atoms with van der Waals surface area (Å²) < 4.78 is 35.8. The number of rotatable bonds is 3. The monoisotopic (exact) mass is 220 g/mol. The third kappa shape index (κ3) is 3.08. The Morgan fingerprint density at radius 1 is 1.33 bits per heavy atom. The molecule has 0 aromatic carbocycles. The minimum absolute atomic E-state index is 0.0669. The highest BCUT2D eigenvalue weighted by Crippen LogP contribution is 2.03. The van der Waals surface area contributed by atoms with Crippen molar-refractivity contribution in [3.05, 3.63) is 18.1 Å². The molecule has 0 bridgehead atoms. The Kier molecular flexibility index (Phi) is 3.42. The zero-order chi connectivity index (χ0) is 11.4. The minimum atomic E-state index is -3.28. The number of hydrogen-bond acceptors (Lipinski definition) is 4. The van der Waals surface area contributed by atoms with Gasteiger partial charge in [0.2, 0.25) is 6.30 Å². The fourth-order valence-electron chi connectivity index (χ4n) is 0.717. The van der Waals surface area contributed by atoms with Gasteiger partial charge in [-0.15, -0.1) is 0 Å². The molecule has 0 fully saturated rings. The first-order valence-corrected chi connectivity index (χ1v) is 3.81. The van der Waals surface area contributed by atoms with E-state index in [0.29, 0.717) is 0 Å². The van der Waals surface area contributed by atoms with Gasteiger partial charge in [0.1, 0.15) is 11.5 Å². The highest BCUT2D eigenvalue weighted by molar-refractivity contribution is 5.92. The van der Waals surface area contributed by atoms with Crippen molar-refractivity contribution in [3.8, 4) is 0 Å². The maximum Gasteiger partial charge on any atom is 0.287 e. The Balaban J connectivity index is 2.65. The van der Waals surface area contributed by atoms with Crippen LogP contribution in [0.25, 0.3) is 0 Å². The molecule has 0 radical (unpaired) electrons. The van der Waals surface area contributed by atoms with Crippen LogP contribution in [0.3, 0.4) is 0 Å². The standard InChI is InChI=1S/C7H7F3N4O/c8-5(9)6(10)14-7(15)3-1-13-4(11)2-12-3/h1-2,5-6H,(H2,11,13)(H,14,15). The van der Waals surface area contributed by atoms with Crippen molar-refractivity contribution in [2.75, 3.05) is 5.73 Å². The Morgan fingerprint density at radius 2 is 2.00 bits per heavy atom. The van der Waals surface area contributed by atoms with Crippen LogP contribution in [0.5, 0.6) is 0 Å². The van der Waals surface area contributed by atoms with Gasteiger partial charge in [-0.25, -0.2) is 23.1 Å². The van der Waals surface area contributed by atoms with Crippen molar-refractivity contribution >= 4 is 11.7 Å². The zero-order valence-electron chi connectivity index (χ0n) is 7.32. The lowest BCUT2D eigenvalue weighted by molar-refractivity contribution is 0.0285. The van der Waals surface area contributed by atoms with Crippen molar-refractivity contribution in [3.63, 3.8) is 0 Å². The first-order chi connectivity index (χ1) is 7.00. The van der Waals surface area contributed by atoms with E-state index in [-0.39, 0.29) is 11.5 Å². The van der Waals surface area contributed by atoms with Gasteiger partial charge in [0.05, 0.1) is 12.4 Å². The smallest absolute Gasteiger partial charge is 0.287 e. The van der Waals surface area contributed by atoms with Gasteiger partial charge >= 0.3 is 0 Å². The van der Waals surface area contributed by atoms with Crippen molar-refractivity contribution in [1.29, 1.82) is 0 Å². The van der Waals surface area contributed by atoms with Gasteiger partial charge in [0.25, 0.3) is 12.3 Å². The maximum absolute atomic E-state index is 12.4. The number of amides is 1. The molecular weight excluding hydrogens is 213 g/mol. The number of alkyl halides is 3. The topological polar surface area (TPSA) is 80.9 Å². The number of nitrogen functional groups attached to an aromatic ring is 1.